The van der Waals surface area contributed by atoms with Gasteiger partial charge in [0, 0.05) is 33.2 Å². The van der Waals surface area contributed by atoms with E-state index in [2.05, 4.69) is 205 Å². The molecule has 14 rings (SSSR count). The topological polar surface area (TPSA) is 67.4 Å². The molecule has 0 fully saturated rings. The van der Waals surface area contributed by atoms with Gasteiger partial charge in [-0.3, -0.25) is 0 Å². The second-order valence-corrected chi connectivity index (χ2v) is 17.7. The van der Waals surface area contributed by atoms with Crippen molar-refractivity contribution in [3.63, 3.8) is 0 Å². The molecule has 1 aliphatic carbocycles. The number of nitriles is 1. The molecule has 0 saturated heterocycles. The maximum Gasteiger partial charge on any atom is 0.165 e. The van der Waals surface area contributed by atoms with Gasteiger partial charge in [-0.1, -0.05) is 176 Å². The first-order chi connectivity index (χ1) is 34.2. The molecule has 318 valence electrons. The van der Waals surface area contributed by atoms with E-state index in [1.165, 1.54) is 43.8 Å². The molecular formula is C64H37N5. The average Bonchev–Trinajstić information content (AvgIpc) is 3.94. The molecule has 11 aromatic carbocycles. The summed E-state index contributed by atoms with van der Waals surface area (Å²) >= 11 is 0. The summed E-state index contributed by atoms with van der Waals surface area (Å²) in [6.07, 6.45) is 0. The molecule has 5 nitrogen and oxygen atoms in total. The van der Waals surface area contributed by atoms with Crippen LogP contribution in [0, 0.1) is 11.3 Å². The fourth-order valence-electron chi connectivity index (χ4n) is 11.0. The summed E-state index contributed by atoms with van der Waals surface area (Å²) in [5, 5.41) is 18.9. The Morgan fingerprint density at radius 2 is 0.725 bits per heavy atom. The van der Waals surface area contributed by atoms with Crippen molar-refractivity contribution in [3.05, 3.63) is 230 Å². The van der Waals surface area contributed by atoms with Gasteiger partial charge >= 0.3 is 0 Å². The summed E-state index contributed by atoms with van der Waals surface area (Å²) < 4.78 is 2.33. The lowest BCUT2D eigenvalue weighted by Gasteiger charge is -2.20. The van der Waals surface area contributed by atoms with Crippen molar-refractivity contribution in [1.82, 2.24) is 19.5 Å². The zero-order valence-corrected chi connectivity index (χ0v) is 37.1. The predicted molar refractivity (Wildman–Crippen MR) is 283 cm³/mol. The average molecular weight is 876 g/mol. The molecule has 2 heterocycles. The van der Waals surface area contributed by atoms with E-state index in [4.69, 9.17) is 15.0 Å². The molecule has 0 N–H and O–H groups in total. The van der Waals surface area contributed by atoms with Crippen molar-refractivity contribution in [2.75, 3.05) is 0 Å². The minimum absolute atomic E-state index is 0.601. The summed E-state index contributed by atoms with van der Waals surface area (Å²) in [7, 11) is 0. The molecule has 0 saturated carbocycles. The largest absolute Gasteiger partial charge is 0.309 e. The molecule has 1 aliphatic rings. The number of nitrogens with zero attached hydrogens (tertiary/aromatic N) is 5. The van der Waals surface area contributed by atoms with E-state index in [1.807, 2.05) is 30.3 Å². The summed E-state index contributed by atoms with van der Waals surface area (Å²) in [6, 6.07) is 81.6. The van der Waals surface area contributed by atoms with Gasteiger partial charge in [0.05, 0.1) is 22.7 Å². The number of hydrogen-bond acceptors (Lipinski definition) is 4. The lowest BCUT2D eigenvalue weighted by atomic mass is 9.83. The van der Waals surface area contributed by atoms with Crippen LogP contribution in [0.2, 0.25) is 0 Å². The summed E-state index contributed by atoms with van der Waals surface area (Å²) in [6.45, 7) is 0. The minimum atomic E-state index is 0.601. The van der Waals surface area contributed by atoms with E-state index in [1.54, 1.807) is 0 Å². The molecule has 5 heteroatoms. The Balaban J connectivity index is 1.01. The van der Waals surface area contributed by atoms with E-state index in [9.17, 15) is 5.26 Å². The zero-order chi connectivity index (χ0) is 45.6. The van der Waals surface area contributed by atoms with E-state index >= 15 is 0 Å². The Hall–Kier alpha value is -9.50. The van der Waals surface area contributed by atoms with Gasteiger partial charge < -0.3 is 4.57 Å². The van der Waals surface area contributed by atoms with Crippen molar-refractivity contribution in [3.8, 4) is 90.4 Å². The van der Waals surface area contributed by atoms with Crippen LogP contribution >= 0.6 is 0 Å². The summed E-state index contributed by atoms with van der Waals surface area (Å²) in [4.78, 5) is 16.0. The first-order valence-electron chi connectivity index (χ1n) is 23.2. The third-order valence-corrected chi connectivity index (χ3v) is 14.0. The van der Waals surface area contributed by atoms with E-state index in [-0.39, 0.29) is 0 Å². The Morgan fingerprint density at radius 3 is 1.29 bits per heavy atom. The molecule has 2 aromatic heterocycles. The van der Waals surface area contributed by atoms with Crippen molar-refractivity contribution >= 4 is 54.1 Å². The van der Waals surface area contributed by atoms with Crippen LogP contribution in [0.3, 0.4) is 0 Å². The highest BCUT2D eigenvalue weighted by atomic mass is 15.0. The fraction of sp³-hybridized carbons (Fsp3) is 0. The second-order valence-electron chi connectivity index (χ2n) is 17.7. The van der Waals surface area contributed by atoms with Crippen molar-refractivity contribution < 1.29 is 0 Å². The van der Waals surface area contributed by atoms with E-state index in [0.717, 1.165) is 77.2 Å². The first kappa shape index (κ1) is 38.7. The van der Waals surface area contributed by atoms with Gasteiger partial charge in [-0.05, 0) is 125 Å². The lowest BCUT2D eigenvalue weighted by molar-refractivity contribution is 1.08. The normalized spacial score (nSPS) is 11.8. The predicted octanol–water partition coefficient (Wildman–Crippen LogP) is 16.3. The van der Waals surface area contributed by atoms with Crippen LogP contribution in [0.1, 0.15) is 5.56 Å². The number of aromatic nitrogens is 4. The standard InChI is InChI=1S/C64H37N5/c65-38-39-26-28-40(29-27-39)44-34-35-53-45-16-4-5-17-46(45)54-36-37-55(59(44)60(53)54)58-49-20-6-8-22-51(49)61(52-23-9-7-21-50(52)58)64-67-62(41-14-2-1-3-15-41)66-63(68-64)42-30-32-43(33-31-42)69-56-24-12-10-18-47(56)48-19-11-13-25-57(48)69/h1-37H. The second kappa shape index (κ2) is 15.3. The highest BCUT2D eigenvalue weighted by molar-refractivity contribution is 6.28. The quantitative estimate of drug-likeness (QED) is 0.156. The molecular weight excluding hydrogens is 839 g/mol. The summed E-state index contributed by atoms with van der Waals surface area (Å²) in [5.41, 5.74) is 16.2. The Bertz CT molecular complexity index is 4160. The van der Waals surface area contributed by atoms with Crippen molar-refractivity contribution in [2.45, 2.75) is 0 Å². The van der Waals surface area contributed by atoms with Crippen molar-refractivity contribution in [1.29, 1.82) is 5.26 Å². The zero-order valence-electron chi connectivity index (χ0n) is 37.1. The molecule has 0 atom stereocenters. The number of para-hydroxylation sites is 2. The Kier molecular flexibility index (Phi) is 8.58. The van der Waals surface area contributed by atoms with Crippen molar-refractivity contribution in [2.24, 2.45) is 0 Å². The minimum Gasteiger partial charge on any atom is -0.309 e. The van der Waals surface area contributed by atoms with Gasteiger partial charge in [-0.2, -0.15) is 5.26 Å². The third kappa shape index (κ3) is 5.93. The van der Waals surface area contributed by atoms with Crippen LogP contribution in [0.15, 0.2) is 224 Å². The molecule has 0 bridgehead atoms. The Morgan fingerprint density at radius 1 is 0.304 bits per heavy atom. The molecule has 13 aromatic rings. The first-order valence-corrected chi connectivity index (χ1v) is 23.2. The van der Waals surface area contributed by atoms with Gasteiger partial charge in [0.1, 0.15) is 0 Å². The highest BCUT2D eigenvalue weighted by Crippen LogP contribution is 2.54. The van der Waals surface area contributed by atoms with Gasteiger partial charge in [-0.25, -0.2) is 15.0 Å². The number of benzene rings is 11. The van der Waals surface area contributed by atoms with Crippen LogP contribution in [0.4, 0.5) is 0 Å². The maximum absolute atomic E-state index is 9.73. The molecule has 0 unspecified atom stereocenters. The van der Waals surface area contributed by atoms with E-state index in [0.29, 0.717) is 23.0 Å². The molecule has 69 heavy (non-hydrogen) atoms. The third-order valence-electron chi connectivity index (χ3n) is 14.0. The number of rotatable bonds is 6. The van der Waals surface area contributed by atoms with Crippen LogP contribution < -0.4 is 0 Å². The van der Waals surface area contributed by atoms with Gasteiger partial charge in [-0.15, -0.1) is 0 Å². The highest BCUT2D eigenvalue weighted by Gasteiger charge is 2.27. The molecule has 0 aliphatic heterocycles. The molecule has 0 radical (unpaired) electrons. The van der Waals surface area contributed by atoms with Crippen LogP contribution in [0.5, 0.6) is 0 Å². The van der Waals surface area contributed by atoms with Crippen LogP contribution in [-0.4, -0.2) is 19.5 Å². The number of fused-ring (bicyclic) bond motifs is 8. The van der Waals surface area contributed by atoms with E-state index < -0.39 is 0 Å². The van der Waals surface area contributed by atoms with Crippen LogP contribution in [0.25, 0.3) is 138 Å². The fourth-order valence-corrected chi connectivity index (χ4v) is 11.0. The van der Waals surface area contributed by atoms with Gasteiger partial charge in [0.15, 0.2) is 17.5 Å². The SMILES string of the molecule is N#Cc1ccc(-c2ccc3c4c(ccc(-c5c6ccccc6c(-c6nc(-c7ccccc7)nc(-c7ccc(-n8c9ccccc9c9ccccc98)cc7)n6)c6ccccc56)c24)-c2ccccc2-3)cc1. The molecule has 0 amide bonds. The molecule has 0 spiro atoms. The summed E-state index contributed by atoms with van der Waals surface area (Å²) in [5.74, 6) is 1.82. The van der Waals surface area contributed by atoms with Gasteiger partial charge in [0.2, 0.25) is 0 Å². The number of hydrogen-bond donors (Lipinski definition) is 0. The lowest BCUT2D eigenvalue weighted by Crippen LogP contribution is -2.02. The smallest absolute Gasteiger partial charge is 0.165 e. The maximum atomic E-state index is 9.73. The Labute approximate surface area is 397 Å². The van der Waals surface area contributed by atoms with Crippen LogP contribution in [-0.2, 0) is 0 Å². The van der Waals surface area contributed by atoms with Gasteiger partial charge in [0.25, 0.3) is 0 Å². The monoisotopic (exact) mass is 875 g/mol.